The zero-order valence-electron chi connectivity index (χ0n) is 10.9. The summed E-state index contributed by atoms with van der Waals surface area (Å²) in [5.41, 5.74) is 1.70. The van der Waals surface area contributed by atoms with E-state index in [1.165, 1.54) is 0 Å². The SMILES string of the molecule is Cc1ccc(Br)c(C(=O)NCCc2ncn(C)n2)c1. The van der Waals surface area contributed by atoms with Gasteiger partial charge in [-0.3, -0.25) is 9.48 Å². The first-order valence-corrected chi connectivity index (χ1v) is 6.74. The number of amides is 1. The van der Waals surface area contributed by atoms with Crippen molar-refractivity contribution in [3.8, 4) is 0 Å². The second-order valence-electron chi connectivity index (χ2n) is 4.32. The van der Waals surface area contributed by atoms with Gasteiger partial charge in [0.1, 0.15) is 6.33 Å². The van der Waals surface area contributed by atoms with E-state index in [9.17, 15) is 4.79 Å². The van der Waals surface area contributed by atoms with Crippen LogP contribution < -0.4 is 5.32 Å². The first kappa shape index (κ1) is 13.7. The van der Waals surface area contributed by atoms with Crippen LogP contribution in [0.3, 0.4) is 0 Å². The molecular weight excluding hydrogens is 308 g/mol. The van der Waals surface area contributed by atoms with Crippen molar-refractivity contribution in [3.05, 3.63) is 46.0 Å². The van der Waals surface area contributed by atoms with Gasteiger partial charge >= 0.3 is 0 Å². The van der Waals surface area contributed by atoms with Crippen molar-refractivity contribution in [3.63, 3.8) is 0 Å². The van der Waals surface area contributed by atoms with E-state index in [4.69, 9.17) is 0 Å². The average Bonchev–Trinajstić information content (AvgIpc) is 2.78. The number of hydrogen-bond donors (Lipinski definition) is 1. The van der Waals surface area contributed by atoms with Gasteiger partial charge in [-0.05, 0) is 35.0 Å². The van der Waals surface area contributed by atoms with Gasteiger partial charge in [0.25, 0.3) is 5.91 Å². The van der Waals surface area contributed by atoms with Crippen LogP contribution in [0.15, 0.2) is 29.0 Å². The lowest BCUT2D eigenvalue weighted by molar-refractivity contribution is 0.0953. The minimum absolute atomic E-state index is 0.0912. The molecule has 1 heterocycles. The van der Waals surface area contributed by atoms with E-state index in [1.54, 1.807) is 11.0 Å². The Morgan fingerprint density at radius 3 is 2.95 bits per heavy atom. The molecule has 19 heavy (non-hydrogen) atoms. The van der Waals surface area contributed by atoms with Crippen LogP contribution in [0, 0.1) is 6.92 Å². The fourth-order valence-electron chi connectivity index (χ4n) is 1.69. The lowest BCUT2D eigenvalue weighted by Crippen LogP contribution is -2.26. The molecule has 0 aliphatic heterocycles. The summed E-state index contributed by atoms with van der Waals surface area (Å²) >= 11 is 3.38. The molecule has 100 valence electrons. The van der Waals surface area contributed by atoms with Gasteiger partial charge in [-0.15, -0.1) is 0 Å². The zero-order chi connectivity index (χ0) is 13.8. The van der Waals surface area contributed by atoms with Crippen LogP contribution in [0.4, 0.5) is 0 Å². The van der Waals surface area contributed by atoms with Crippen molar-refractivity contribution in [2.45, 2.75) is 13.3 Å². The van der Waals surface area contributed by atoms with Crippen LogP contribution in [0.2, 0.25) is 0 Å². The third-order valence-electron chi connectivity index (χ3n) is 2.65. The summed E-state index contributed by atoms with van der Waals surface area (Å²) in [6.45, 7) is 2.48. The van der Waals surface area contributed by atoms with Gasteiger partial charge in [0.2, 0.25) is 0 Å². The largest absolute Gasteiger partial charge is 0.352 e. The Morgan fingerprint density at radius 1 is 1.47 bits per heavy atom. The molecule has 1 N–H and O–H groups in total. The lowest BCUT2D eigenvalue weighted by atomic mass is 10.1. The molecule has 5 nitrogen and oxygen atoms in total. The van der Waals surface area contributed by atoms with Crippen LogP contribution in [0.25, 0.3) is 0 Å². The predicted octanol–water partition coefficient (Wildman–Crippen LogP) is 1.86. The highest BCUT2D eigenvalue weighted by Gasteiger charge is 2.10. The van der Waals surface area contributed by atoms with Crippen LogP contribution in [0.5, 0.6) is 0 Å². The highest BCUT2D eigenvalue weighted by molar-refractivity contribution is 9.10. The molecule has 0 fully saturated rings. The maximum atomic E-state index is 12.0. The maximum absolute atomic E-state index is 12.0. The van der Waals surface area contributed by atoms with E-state index in [1.807, 2.05) is 32.2 Å². The smallest absolute Gasteiger partial charge is 0.252 e. The molecular formula is C13H15BrN4O. The molecule has 0 atom stereocenters. The van der Waals surface area contributed by atoms with E-state index in [-0.39, 0.29) is 5.91 Å². The number of hydrogen-bond acceptors (Lipinski definition) is 3. The summed E-state index contributed by atoms with van der Waals surface area (Å²) < 4.78 is 2.44. The standard InChI is InChI=1S/C13H15BrN4O/c1-9-3-4-11(14)10(7-9)13(19)15-6-5-12-16-8-18(2)17-12/h3-4,7-8H,5-6H2,1-2H3,(H,15,19). The molecule has 0 aliphatic carbocycles. The molecule has 0 saturated carbocycles. The van der Waals surface area contributed by atoms with Gasteiger partial charge in [0.05, 0.1) is 5.56 Å². The van der Waals surface area contributed by atoms with Gasteiger partial charge in [0, 0.05) is 24.5 Å². The van der Waals surface area contributed by atoms with E-state index >= 15 is 0 Å². The number of aryl methyl sites for hydroxylation is 2. The third kappa shape index (κ3) is 3.64. The molecule has 2 rings (SSSR count). The van der Waals surface area contributed by atoms with E-state index in [2.05, 4.69) is 31.3 Å². The van der Waals surface area contributed by atoms with Gasteiger partial charge in [0.15, 0.2) is 5.82 Å². The van der Waals surface area contributed by atoms with Crippen LogP contribution >= 0.6 is 15.9 Å². The van der Waals surface area contributed by atoms with Crippen LogP contribution in [0.1, 0.15) is 21.7 Å². The van der Waals surface area contributed by atoms with Crippen LogP contribution in [-0.4, -0.2) is 27.2 Å². The zero-order valence-corrected chi connectivity index (χ0v) is 12.4. The number of halogens is 1. The fraction of sp³-hybridized carbons (Fsp3) is 0.308. The Labute approximate surface area is 120 Å². The third-order valence-corrected chi connectivity index (χ3v) is 3.34. The molecule has 1 aromatic carbocycles. The molecule has 1 aromatic heterocycles. The fourth-order valence-corrected chi connectivity index (χ4v) is 2.12. The molecule has 0 saturated heterocycles. The monoisotopic (exact) mass is 322 g/mol. The van der Waals surface area contributed by atoms with Gasteiger partial charge in [-0.1, -0.05) is 11.6 Å². The predicted molar refractivity (Wildman–Crippen MR) is 75.9 cm³/mol. The highest BCUT2D eigenvalue weighted by Crippen LogP contribution is 2.17. The summed E-state index contributed by atoms with van der Waals surface area (Å²) in [6, 6.07) is 5.70. The number of benzene rings is 1. The number of rotatable bonds is 4. The normalized spacial score (nSPS) is 10.5. The Bertz CT molecular complexity index is 594. The highest BCUT2D eigenvalue weighted by atomic mass is 79.9. The molecule has 0 aliphatic rings. The number of carbonyl (C=O) groups is 1. The van der Waals surface area contributed by atoms with Crippen LogP contribution in [-0.2, 0) is 13.5 Å². The maximum Gasteiger partial charge on any atom is 0.252 e. The molecule has 6 heteroatoms. The van der Waals surface area contributed by atoms with Crippen molar-refractivity contribution in [2.75, 3.05) is 6.54 Å². The van der Waals surface area contributed by atoms with Gasteiger partial charge in [-0.2, -0.15) is 5.10 Å². The Balaban J connectivity index is 1.92. The number of aromatic nitrogens is 3. The molecule has 0 bridgehead atoms. The quantitative estimate of drug-likeness (QED) is 0.934. The molecule has 0 unspecified atom stereocenters. The Morgan fingerprint density at radius 2 is 2.26 bits per heavy atom. The molecule has 0 spiro atoms. The van der Waals surface area contributed by atoms with E-state index in [0.717, 1.165) is 15.9 Å². The number of carbonyl (C=O) groups excluding carboxylic acids is 1. The first-order valence-electron chi connectivity index (χ1n) is 5.95. The topological polar surface area (TPSA) is 59.8 Å². The van der Waals surface area contributed by atoms with Gasteiger partial charge < -0.3 is 5.32 Å². The lowest BCUT2D eigenvalue weighted by Gasteiger charge is -2.06. The summed E-state index contributed by atoms with van der Waals surface area (Å²) in [6.07, 6.45) is 2.27. The van der Waals surface area contributed by atoms with E-state index < -0.39 is 0 Å². The minimum Gasteiger partial charge on any atom is -0.352 e. The van der Waals surface area contributed by atoms with Gasteiger partial charge in [-0.25, -0.2) is 4.98 Å². The molecule has 2 aromatic rings. The van der Waals surface area contributed by atoms with E-state index in [0.29, 0.717) is 18.5 Å². The van der Waals surface area contributed by atoms with Crippen molar-refractivity contribution < 1.29 is 4.79 Å². The number of nitrogens with one attached hydrogen (secondary N) is 1. The Hall–Kier alpha value is -1.69. The van der Waals surface area contributed by atoms with Crippen molar-refractivity contribution in [1.29, 1.82) is 0 Å². The second-order valence-corrected chi connectivity index (χ2v) is 5.18. The first-order chi connectivity index (χ1) is 9.06. The van der Waals surface area contributed by atoms with Crippen molar-refractivity contribution >= 4 is 21.8 Å². The summed E-state index contributed by atoms with van der Waals surface area (Å²) in [5.74, 6) is 0.637. The molecule has 1 amide bonds. The average molecular weight is 323 g/mol. The second kappa shape index (κ2) is 5.97. The minimum atomic E-state index is -0.0912. The number of nitrogens with zero attached hydrogens (tertiary/aromatic N) is 3. The van der Waals surface area contributed by atoms with Crippen molar-refractivity contribution in [1.82, 2.24) is 20.1 Å². The Kier molecular flexibility index (Phi) is 4.31. The molecule has 0 radical (unpaired) electrons. The summed E-state index contributed by atoms with van der Waals surface area (Å²) in [7, 11) is 1.82. The summed E-state index contributed by atoms with van der Waals surface area (Å²) in [4.78, 5) is 16.1. The van der Waals surface area contributed by atoms with Crippen molar-refractivity contribution in [2.24, 2.45) is 7.05 Å². The summed E-state index contributed by atoms with van der Waals surface area (Å²) in [5, 5.41) is 7.02.